The Morgan fingerprint density at radius 3 is 2.69 bits per heavy atom. The Hall–Kier alpha value is -0.610. The minimum absolute atomic E-state index is 0.158. The number of carbonyl (C=O) groups excluding carboxylic acids is 1. The van der Waals surface area contributed by atoms with Crippen molar-refractivity contribution >= 4 is 5.91 Å². The Morgan fingerprint density at radius 1 is 1.44 bits per heavy atom. The number of carbonyl (C=O) groups is 1. The quantitative estimate of drug-likeness (QED) is 0.730. The van der Waals surface area contributed by atoms with E-state index >= 15 is 0 Å². The Morgan fingerprint density at radius 2 is 2.12 bits per heavy atom. The van der Waals surface area contributed by atoms with Gasteiger partial charge in [0, 0.05) is 32.1 Å². The van der Waals surface area contributed by atoms with E-state index in [1.54, 1.807) is 6.92 Å². The maximum absolute atomic E-state index is 11.5. The summed E-state index contributed by atoms with van der Waals surface area (Å²) in [6, 6.07) is 0.660. The van der Waals surface area contributed by atoms with Crippen LogP contribution < -0.4 is 5.32 Å². The Bertz CT molecular complexity index is 221. The van der Waals surface area contributed by atoms with Gasteiger partial charge >= 0.3 is 0 Å². The molecule has 0 aromatic carbocycles. The summed E-state index contributed by atoms with van der Waals surface area (Å²) in [5.41, 5.74) is 0. The van der Waals surface area contributed by atoms with Gasteiger partial charge < -0.3 is 15.3 Å². The van der Waals surface area contributed by atoms with Crippen molar-refractivity contribution in [3.8, 4) is 0 Å². The fourth-order valence-corrected chi connectivity index (χ4v) is 2.66. The number of aliphatic hydroxyl groups is 1. The van der Waals surface area contributed by atoms with E-state index in [0.717, 1.165) is 19.4 Å². The van der Waals surface area contributed by atoms with Crippen LogP contribution >= 0.6 is 0 Å². The van der Waals surface area contributed by atoms with E-state index in [-0.39, 0.29) is 12.5 Å². The van der Waals surface area contributed by atoms with Gasteiger partial charge in [-0.15, -0.1) is 0 Å². The average molecular weight is 228 g/mol. The fraction of sp³-hybridized carbons (Fsp3) is 0.917. The topological polar surface area (TPSA) is 52.6 Å². The van der Waals surface area contributed by atoms with Gasteiger partial charge in [-0.3, -0.25) is 4.79 Å². The molecule has 1 aliphatic rings. The highest BCUT2D eigenvalue weighted by Gasteiger charge is 2.30. The van der Waals surface area contributed by atoms with E-state index in [2.05, 4.69) is 5.32 Å². The van der Waals surface area contributed by atoms with Crippen LogP contribution in [0.4, 0.5) is 0 Å². The fourth-order valence-electron chi connectivity index (χ4n) is 2.66. The van der Waals surface area contributed by atoms with Crippen LogP contribution in [0.3, 0.4) is 0 Å². The zero-order valence-electron chi connectivity index (χ0n) is 10.4. The number of rotatable bonds is 5. The van der Waals surface area contributed by atoms with Gasteiger partial charge in [-0.2, -0.15) is 0 Å². The summed E-state index contributed by atoms with van der Waals surface area (Å²) < 4.78 is 0. The van der Waals surface area contributed by atoms with Gasteiger partial charge in [0.15, 0.2) is 0 Å². The van der Waals surface area contributed by atoms with Crippen molar-refractivity contribution < 1.29 is 9.90 Å². The molecule has 94 valence electrons. The first-order valence-electron chi connectivity index (χ1n) is 6.32. The SMILES string of the molecule is CCN(C(C)=O)C1CCCCC1NCCO. The third-order valence-corrected chi connectivity index (χ3v) is 3.39. The van der Waals surface area contributed by atoms with Crippen molar-refractivity contribution in [2.75, 3.05) is 19.7 Å². The standard InChI is InChI=1S/C12H24N2O2/c1-3-14(10(2)16)12-7-5-4-6-11(12)13-8-9-15/h11-13,15H,3-9H2,1-2H3. The summed E-state index contributed by atoms with van der Waals surface area (Å²) in [5, 5.41) is 12.2. The van der Waals surface area contributed by atoms with Crippen molar-refractivity contribution in [1.82, 2.24) is 10.2 Å². The summed E-state index contributed by atoms with van der Waals surface area (Å²) in [6.07, 6.45) is 4.60. The third-order valence-electron chi connectivity index (χ3n) is 3.39. The molecule has 0 spiro atoms. The van der Waals surface area contributed by atoms with Crippen LogP contribution in [0.2, 0.25) is 0 Å². The monoisotopic (exact) mass is 228 g/mol. The van der Waals surface area contributed by atoms with Crippen LogP contribution in [0.25, 0.3) is 0 Å². The second-order valence-corrected chi connectivity index (χ2v) is 4.44. The molecule has 1 amide bonds. The molecule has 1 saturated carbocycles. The lowest BCUT2D eigenvalue weighted by atomic mass is 9.89. The minimum Gasteiger partial charge on any atom is -0.395 e. The summed E-state index contributed by atoms with van der Waals surface area (Å²) >= 11 is 0. The van der Waals surface area contributed by atoms with Crippen LogP contribution in [0.15, 0.2) is 0 Å². The largest absolute Gasteiger partial charge is 0.395 e. The highest BCUT2D eigenvalue weighted by molar-refractivity contribution is 5.73. The first-order valence-corrected chi connectivity index (χ1v) is 6.32. The lowest BCUT2D eigenvalue weighted by Crippen LogP contribution is -2.53. The van der Waals surface area contributed by atoms with Gasteiger partial charge in [0.2, 0.25) is 5.91 Å². The molecular weight excluding hydrogens is 204 g/mol. The van der Waals surface area contributed by atoms with Crippen molar-refractivity contribution in [3.05, 3.63) is 0 Å². The molecule has 4 nitrogen and oxygen atoms in total. The Kier molecular flexibility index (Phi) is 5.77. The molecule has 0 radical (unpaired) electrons. The molecule has 2 unspecified atom stereocenters. The molecule has 2 atom stereocenters. The molecule has 0 saturated heterocycles. The first kappa shape index (κ1) is 13.5. The van der Waals surface area contributed by atoms with Gasteiger partial charge in [-0.25, -0.2) is 0 Å². The van der Waals surface area contributed by atoms with E-state index in [4.69, 9.17) is 5.11 Å². The highest BCUT2D eigenvalue weighted by Crippen LogP contribution is 2.23. The second kappa shape index (κ2) is 6.86. The molecule has 0 aliphatic heterocycles. The smallest absolute Gasteiger partial charge is 0.219 e. The van der Waals surface area contributed by atoms with Crippen molar-refractivity contribution in [1.29, 1.82) is 0 Å². The van der Waals surface area contributed by atoms with E-state index in [1.165, 1.54) is 12.8 Å². The predicted molar refractivity (Wildman–Crippen MR) is 64.2 cm³/mol. The molecular formula is C12H24N2O2. The zero-order chi connectivity index (χ0) is 12.0. The summed E-state index contributed by atoms with van der Waals surface area (Å²) in [7, 11) is 0. The van der Waals surface area contributed by atoms with E-state index in [9.17, 15) is 4.79 Å². The van der Waals surface area contributed by atoms with Crippen LogP contribution in [0.1, 0.15) is 39.5 Å². The number of hydrogen-bond acceptors (Lipinski definition) is 3. The molecule has 2 N–H and O–H groups in total. The maximum atomic E-state index is 11.5. The Labute approximate surface area is 98.0 Å². The summed E-state index contributed by atoms with van der Waals surface area (Å²) in [4.78, 5) is 13.5. The number of nitrogens with zero attached hydrogens (tertiary/aromatic N) is 1. The number of nitrogens with one attached hydrogen (secondary N) is 1. The minimum atomic E-state index is 0.158. The van der Waals surface area contributed by atoms with Crippen LogP contribution in [0, 0.1) is 0 Å². The normalized spacial score (nSPS) is 25.4. The molecule has 0 aromatic heterocycles. The lowest BCUT2D eigenvalue weighted by Gasteiger charge is -2.39. The van der Waals surface area contributed by atoms with Crippen LogP contribution in [0.5, 0.6) is 0 Å². The molecule has 4 heteroatoms. The van der Waals surface area contributed by atoms with Crippen molar-refractivity contribution in [2.24, 2.45) is 0 Å². The van der Waals surface area contributed by atoms with Crippen LogP contribution in [-0.2, 0) is 4.79 Å². The third kappa shape index (κ3) is 3.46. The molecule has 16 heavy (non-hydrogen) atoms. The van der Waals surface area contributed by atoms with Crippen LogP contribution in [-0.4, -0.2) is 47.7 Å². The van der Waals surface area contributed by atoms with E-state index in [0.29, 0.717) is 18.6 Å². The van der Waals surface area contributed by atoms with Gasteiger partial charge in [0.25, 0.3) is 0 Å². The van der Waals surface area contributed by atoms with E-state index < -0.39 is 0 Å². The number of likely N-dealkylation sites (N-methyl/N-ethyl adjacent to an activating group) is 1. The first-order chi connectivity index (χ1) is 7.70. The average Bonchev–Trinajstić information content (AvgIpc) is 2.28. The number of aliphatic hydroxyl groups excluding tert-OH is 1. The number of hydrogen-bond donors (Lipinski definition) is 2. The highest BCUT2D eigenvalue weighted by atomic mass is 16.3. The predicted octanol–water partition coefficient (Wildman–Crippen LogP) is 0.748. The lowest BCUT2D eigenvalue weighted by molar-refractivity contribution is -0.132. The van der Waals surface area contributed by atoms with Crippen molar-refractivity contribution in [3.63, 3.8) is 0 Å². The van der Waals surface area contributed by atoms with Gasteiger partial charge in [0.05, 0.1) is 6.61 Å². The maximum Gasteiger partial charge on any atom is 0.219 e. The van der Waals surface area contributed by atoms with Gasteiger partial charge in [-0.05, 0) is 19.8 Å². The summed E-state index contributed by atoms with van der Waals surface area (Å²) in [5.74, 6) is 0.158. The molecule has 1 fully saturated rings. The second-order valence-electron chi connectivity index (χ2n) is 4.44. The molecule has 1 rings (SSSR count). The van der Waals surface area contributed by atoms with Gasteiger partial charge in [-0.1, -0.05) is 12.8 Å². The number of amides is 1. The van der Waals surface area contributed by atoms with E-state index in [1.807, 2.05) is 11.8 Å². The summed E-state index contributed by atoms with van der Waals surface area (Å²) in [6.45, 7) is 5.23. The van der Waals surface area contributed by atoms with Crippen molar-refractivity contribution in [2.45, 2.75) is 51.6 Å². The zero-order valence-corrected chi connectivity index (χ0v) is 10.4. The molecule has 0 heterocycles. The Balaban J connectivity index is 2.60. The van der Waals surface area contributed by atoms with Gasteiger partial charge in [0.1, 0.15) is 0 Å². The molecule has 0 bridgehead atoms. The molecule has 1 aliphatic carbocycles. The molecule has 0 aromatic rings.